The molecule has 6 heteroatoms. The lowest BCUT2D eigenvalue weighted by molar-refractivity contribution is -0.122. The Morgan fingerprint density at radius 1 is 1.18 bits per heavy atom. The van der Waals surface area contributed by atoms with Gasteiger partial charge in [-0.25, -0.2) is 0 Å². The van der Waals surface area contributed by atoms with E-state index in [9.17, 15) is 9.59 Å². The topological polar surface area (TPSA) is 84.2 Å². The fraction of sp³-hybridized carbons (Fsp3) is 0.500. The van der Waals surface area contributed by atoms with Crippen LogP contribution >= 0.6 is 15.9 Å². The molecule has 1 aromatic rings. The van der Waals surface area contributed by atoms with E-state index in [0.717, 1.165) is 30.2 Å². The SMILES string of the molecule is NCC1(NC(=O)CCNC(=O)c2ccc(Br)cc2)CCCC1. The number of rotatable bonds is 6. The molecule has 1 aromatic carbocycles. The smallest absolute Gasteiger partial charge is 0.251 e. The van der Waals surface area contributed by atoms with Gasteiger partial charge in [-0.15, -0.1) is 0 Å². The van der Waals surface area contributed by atoms with Gasteiger partial charge in [-0.3, -0.25) is 9.59 Å². The Kier molecular flexibility index (Phi) is 5.97. The molecule has 0 aromatic heterocycles. The third-order valence-electron chi connectivity index (χ3n) is 4.10. The van der Waals surface area contributed by atoms with Crippen molar-refractivity contribution in [1.82, 2.24) is 10.6 Å². The van der Waals surface area contributed by atoms with Gasteiger partial charge in [0, 0.05) is 29.5 Å². The van der Waals surface area contributed by atoms with Gasteiger partial charge in [0.25, 0.3) is 5.91 Å². The van der Waals surface area contributed by atoms with Crippen LogP contribution in [-0.4, -0.2) is 30.4 Å². The summed E-state index contributed by atoms with van der Waals surface area (Å²) >= 11 is 3.32. The van der Waals surface area contributed by atoms with Crippen LogP contribution in [0, 0.1) is 0 Å². The molecule has 22 heavy (non-hydrogen) atoms. The summed E-state index contributed by atoms with van der Waals surface area (Å²) in [7, 11) is 0. The van der Waals surface area contributed by atoms with Crippen LogP contribution in [0.1, 0.15) is 42.5 Å². The largest absolute Gasteiger partial charge is 0.352 e. The molecule has 1 aliphatic carbocycles. The number of hydrogen-bond donors (Lipinski definition) is 3. The van der Waals surface area contributed by atoms with Crippen molar-refractivity contribution in [2.45, 2.75) is 37.6 Å². The van der Waals surface area contributed by atoms with Gasteiger partial charge in [0.1, 0.15) is 0 Å². The quantitative estimate of drug-likeness (QED) is 0.718. The minimum Gasteiger partial charge on any atom is -0.352 e. The Morgan fingerprint density at radius 3 is 2.41 bits per heavy atom. The summed E-state index contributed by atoms with van der Waals surface area (Å²) in [6.07, 6.45) is 4.38. The van der Waals surface area contributed by atoms with Crippen molar-refractivity contribution < 1.29 is 9.59 Å². The average Bonchev–Trinajstić information content (AvgIpc) is 2.97. The zero-order valence-electron chi connectivity index (χ0n) is 12.5. The highest BCUT2D eigenvalue weighted by Gasteiger charge is 2.33. The van der Waals surface area contributed by atoms with E-state index in [1.165, 1.54) is 0 Å². The number of carbonyl (C=O) groups is 2. The van der Waals surface area contributed by atoms with E-state index in [1.807, 2.05) is 12.1 Å². The van der Waals surface area contributed by atoms with Gasteiger partial charge in [0.05, 0.1) is 5.54 Å². The van der Waals surface area contributed by atoms with E-state index in [-0.39, 0.29) is 23.8 Å². The average molecular weight is 368 g/mol. The molecule has 5 nitrogen and oxygen atoms in total. The maximum absolute atomic E-state index is 12.0. The molecule has 120 valence electrons. The summed E-state index contributed by atoms with van der Waals surface area (Å²) in [5.41, 5.74) is 6.15. The van der Waals surface area contributed by atoms with Crippen LogP contribution in [0.5, 0.6) is 0 Å². The maximum atomic E-state index is 12.0. The molecule has 1 aliphatic rings. The van der Waals surface area contributed by atoms with Gasteiger partial charge in [0.2, 0.25) is 5.91 Å². The molecule has 0 radical (unpaired) electrons. The Balaban J connectivity index is 1.74. The summed E-state index contributed by atoms with van der Waals surface area (Å²) in [5.74, 6) is -0.224. The van der Waals surface area contributed by atoms with Crippen molar-refractivity contribution >= 4 is 27.7 Å². The summed E-state index contributed by atoms with van der Waals surface area (Å²) in [4.78, 5) is 23.9. The molecule has 0 aliphatic heterocycles. The Hall–Kier alpha value is -1.40. The minimum absolute atomic E-state index is 0.0524. The predicted octanol–water partition coefficient (Wildman–Crippen LogP) is 1.96. The van der Waals surface area contributed by atoms with Crippen LogP contribution in [0.4, 0.5) is 0 Å². The molecule has 0 unspecified atom stereocenters. The lowest BCUT2D eigenvalue weighted by atomic mass is 9.97. The van der Waals surface area contributed by atoms with Gasteiger partial charge < -0.3 is 16.4 Å². The van der Waals surface area contributed by atoms with Crippen molar-refractivity contribution in [2.24, 2.45) is 5.73 Å². The van der Waals surface area contributed by atoms with E-state index in [2.05, 4.69) is 26.6 Å². The van der Waals surface area contributed by atoms with Crippen LogP contribution in [0.25, 0.3) is 0 Å². The Morgan fingerprint density at radius 2 is 1.82 bits per heavy atom. The maximum Gasteiger partial charge on any atom is 0.251 e. The second-order valence-electron chi connectivity index (χ2n) is 5.75. The van der Waals surface area contributed by atoms with E-state index in [4.69, 9.17) is 5.73 Å². The second-order valence-corrected chi connectivity index (χ2v) is 6.67. The summed E-state index contributed by atoms with van der Waals surface area (Å²) in [6, 6.07) is 7.10. The normalized spacial score (nSPS) is 16.3. The predicted molar refractivity (Wildman–Crippen MR) is 89.5 cm³/mol. The van der Waals surface area contributed by atoms with E-state index in [1.54, 1.807) is 12.1 Å². The van der Waals surface area contributed by atoms with Crippen molar-refractivity contribution in [1.29, 1.82) is 0 Å². The van der Waals surface area contributed by atoms with E-state index in [0.29, 0.717) is 18.7 Å². The van der Waals surface area contributed by atoms with Gasteiger partial charge in [-0.2, -0.15) is 0 Å². The molecule has 0 saturated heterocycles. The van der Waals surface area contributed by atoms with Crippen molar-refractivity contribution in [2.75, 3.05) is 13.1 Å². The van der Waals surface area contributed by atoms with Crippen LogP contribution in [0.3, 0.4) is 0 Å². The molecule has 2 amide bonds. The molecule has 1 saturated carbocycles. The van der Waals surface area contributed by atoms with E-state index >= 15 is 0 Å². The van der Waals surface area contributed by atoms with Crippen LogP contribution in [0.2, 0.25) is 0 Å². The molecular formula is C16H22BrN3O2. The minimum atomic E-state index is -0.229. The standard InChI is InChI=1S/C16H22BrN3O2/c17-13-5-3-12(4-6-13)15(22)19-10-7-14(21)20-16(11-18)8-1-2-9-16/h3-6H,1-2,7-11,18H2,(H,19,22)(H,20,21). The number of nitrogens with two attached hydrogens (primary N) is 1. The molecule has 0 spiro atoms. The Labute approximate surface area is 139 Å². The number of carbonyl (C=O) groups excluding carboxylic acids is 2. The van der Waals surface area contributed by atoms with Crippen molar-refractivity contribution in [3.63, 3.8) is 0 Å². The van der Waals surface area contributed by atoms with Crippen LogP contribution in [0.15, 0.2) is 28.7 Å². The molecule has 0 heterocycles. The fourth-order valence-corrected chi connectivity index (χ4v) is 3.05. The highest BCUT2D eigenvalue weighted by molar-refractivity contribution is 9.10. The summed E-state index contributed by atoms with van der Waals surface area (Å²) in [5, 5.41) is 5.80. The monoisotopic (exact) mass is 367 g/mol. The fourth-order valence-electron chi connectivity index (χ4n) is 2.78. The third kappa shape index (κ3) is 4.55. The first-order valence-electron chi connectivity index (χ1n) is 7.59. The first-order valence-corrected chi connectivity index (χ1v) is 8.39. The molecule has 1 fully saturated rings. The number of hydrogen-bond acceptors (Lipinski definition) is 3. The molecule has 0 atom stereocenters. The first kappa shape index (κ1) is 17.0. The second kappa shape index (κ2) is 7.74. The lowest BCUT2D eigenvalue weighted by Gasteiger charge is -2.28. The first-order chi connectivity index (χ1) is 10.5. The van der Waals surface area contributed by atoms with Crippen LogP contribution in [-0.2, 0) is 4.79 Å². The summed E-state index contributed by atoms with van der Waals surface area (Å²) in [6.45, 7) is 0.797. The molecule has 0 bridgehead atoms. The number of halogens is 1. The third-order valence-corrected chi connectivity index (χ3v) is 4.63. The van der Waals surface area contributed by atoms with Crippen LogP contribution < -0.4 is 16.4 Å². The number of nitrogens with one attached hydrogen (secondary N) is 2. The van der Waals surface area contributed by atoms with Gasteiger partial charge in [0.15, 0.2) is 0 Å². The molecule has 4 N–H and O–H groups in total. The lowest BCUT2D eigenvalue weighted by Crippen LogP contribution is -2.52. The summed E-state index contributed by atoms with van der Waals surface area (Å²) < 4.78 is 0.923. The molecular weight excluding hydrogens is 346 g/mol. The van der Waals surface area contributed by atoms with Gasteiger partial charge >= 0.3 is 0 Å². The van der Waals surface area contributed by atoms with Crippen molar-refractivity contribution in [3.05, 3.63) is 34.3 Å². The van der Waals surface area contributed by atoms with Gasteiger partial charge in [-0.1, -0.05) is 28.8 Å². The Bertz CT molecular complexity index is 525. The highest BCUT2D eigenvalue weighted by atomic mass is 79.9. The van der Waals surface area contributed by atoms with Gasteiger partial charge in [-0.05, 0) is 37.1 Å². The number of benzene rings is 1. The highest BCUT2D eigenvalue weighted by Crippen LogP contribution is 2.28. The molecule has 2 rings (SSSR count). The zero-order chi connectivity index (χ0) is 16.0. The van der Waals surface area contributed by atoms with E-state index < -0.39 is 0 Å². The number of amides is 2. The zero-order valence-corrected chi connectivity index (χ0v) is 14.1. The van der Waals surface area contributed by atoms with Crippen molar-refractivity contribution in [3.8, 4) is 0 Å².